The first-order valence-electron chi connectivity index (χ1n) is 5.56. The summed E-state index contributed by atoms with van der Waals surface area (Å²) in [6.07, 6.45) is 7.91. The second-order valence-electron chi connectivity index (χ2n) is 4.05. The highest BCUT2D eigenvalue weighted by molar-refractivity contribution is 5.84. The van der Waals surface area contributed by atoms with E-state index in [2.05, 4.69) is 11.3 Å². The van der Waals surface area contributed by atoms with Crippen molar-refractivity contribution < 1.29 is 14.3 Å². The van der Waals surface area contributed by atoms with Gasteiger partial charge >= 0.3 is 5.97 Å². The van der Waals surface area contributed by atoms with Crippen LogP contribution in [0.2, 0.25) is 0 Å². The highest BCUT2D eigenvalue weighted by atomic mass is 16.5. The molecule has 3 heteroatoms. The van der Waals surface area contributed by atoms with E-state index < -0.39 is 0 Å². The minimum absolute atomic E-state index is 0.0182. The maximum atomic E-state index is 11.6. The van der Waals surface area contributed by atoms with Crippen molar-refractivity contribution in [2.24, 2.45) is 11.8 Å². The number of carbonyl (C=O) groups is 2. The van der Waals surface area contributed by atoms with E-state index in [1.54, 1.807) is 6.08 Å². The SMILES string of the molecule is C=C/C=C\C[C@@H]1C(=O)CC[C@@H]1CC(=O)OC. The average molecular weight is 222 g/mol. The molecule has 0 amide bonds. The van der Waals surface area contributed by atoms with Gasteiger partial charge in [-0.3, -0.25) is 9.59 Å². The van der Waals surface area contributed by atoms with E-state index in [1.165, 1.54) is 7.11 Å². The maximum Gasteiger partial charge on any atom is 0.305 e. The van der Waals surface area contributed by atoms with Crippen LogP contribution in [-0.4, -0.2) is 18.9 Å². The molecule has 0 N–H and O–H groups in total. The zero-order valence-corrected chi connectivity index (χ0v) is 9.65. The average Bonchev–Trinajstić information content (AvgIpc) is 2.61. The number of hydrogen-bond acceptors (Lipinski definition) is 3. The molecular formula is C13H18O3. The van der Waals surface area contributed by atoms with Crippen molar-refractivity contribution in [3.63, 3.8) is 0 Å². The lowest BCUT2D eigenvalue weighted by atomic mass is 9.89. The number of carbonyl (C=O) groups excluding carboxylic acids is 2. The molecule has 0 spiro atoms. The van der Waals surface area contributed by atoms with Crippen LogP contribution in [0, 0.1) is 11.8 Å². The van der Waals surface area contributed by atoms with E-state index in [-0.39, 0.29) is 23.6 Å². The van der Waals surface area contributed by atoms with Gasteiger partial charge in [0, 0.05) is 18.8 Å². The number of esters is 1. The predicted molar refractivity (Wildman–Crippen MR) is 61.8 cm³/mol. The van der Waals surface area contributed by atoms with Gasteiger partial charge in [-0.05, 0) is 18.8 Å². The first kappa shape index (κ1) is 12.7. The third kappa shape index (κ3) is 3.33. The van der Waals surface area contributed by atoms with Gasteiger partial charge in [0.1, 0.15) is 5.78 Å². The van der Waals surface area contributed by atoms with Gasteiger partial charge in [-0.1, -0.05) is 24.8 Å². The molecule has 3 nitrogen and oxygen atoms in total. The summed E-state index contributed by atoms with van der Waals surface area (Å²) >= 11 is 0. The van der Waals surface area contributed by atoms with Crippen LogP contribution in [0.3, 0.4) is 0 Å². The first-order valence-corrected chi connectivity index (χ1v) is 5.56. The lowest BCUT2D eigenvalue weighted by molar-refractivity contribution is -0.142. The van der Waals surface area contributed by atoms with Gasteiger partial charge in [-0.15, -0.1) is 0 Å². The number of hydrogen-bond donors (Lipinski definition) is 0. The molecular weight excluding hydrogens is 204 g/mol. The smallest absolute Gasteiger partial charge is 0.305 e. The molecule has 1 aliphatic carbocycles. The Labute approximate surface area is 96.2 Å². The number of rotatable bonds is 5. The normalized spacial score (nSPS) is 24.9. The summed E-state index contributed by atoms with van der Waals surface area (Å²) in [5.74, 6) is 0.171. The van der Waals surface area contributed by atoms with Gasteiger partial charge in [-0.25, -0.2) is 0 Å². The van der Waals surface area contributed by atoms with Crippen molar-refractivity contribution >= 4 is 11.8 Å². The highest BCUT2D eigenvalue weighted by Crippen LogP contribution is 2.34. The zero-order chi connectivity index (χ0) is 12.0. The number of methoxy groups -OCH3 is 1. The predicted octanol–water partition coefficient (Wildman–Crippen LogP) is 2.28. The molecule has 1 aliphatic rings. The van der Waals surface area contributed by atoms with Crippen molar-refractivity contribution in [2.45, 2.75) is 25.7 Å². The molecule has 0 heterocycles. The maximum absolute atomic E-state index is 11.6. The van der Waals surface area contributed by atoms with Crippen molar-refractivity contribution in [3.8, 4) is 0 Å². The Balaban J connectivity index is 2.55. The molecule has 0 aliphatic heterocycles. The third-order valence-corrected chi connectivity index (χ3v) is 3.06. The topological polar surface area (TPSA) is 43.4 Å². The standard InChI is InChI=1S/C13H18O3/c1-3-4-5-6-11-10(7-8-12(11)14)9-13(15)16-2/h3-5,10-11H,1,6-9H2,2H3/b5-4-/t10-,11+/m1/s1. The van der Waals surface area contributed by atoms with E-state index in [0.29, 0.717) is 19.3 Å². The monoisotopic (exact) mass is 222 g/mol. The van der Waals surface area contributed by atoms with Gasteiger partial charge in [0.25, 0.3) is 0 Å². The van der Waals surface area contributed by atoms with Crippen LogP contribution in [0.15, 0.2) is 24.8 Å². The fraction of sp³-hybridized carbons (Fsp3) is 0.538. The van der Waals surface area contributed by atoms with Gasteiger partial charge in [-0.2, -0.15) is 0 Å². The fourth-order valence-electron chi connectivity index (χ4n) is 2.16. The van der Waals surface area contributed by atoms with E-state index >= 15 is 0 Å². The van der Waals surface area contributed by atoms with E-state index in [1.807, 2.05) is 12.2 Å². The Morgan fingerprint density at radius 1 is 1.62 bits per heavy atom. The number of ether oxygens (including phenoxy) is 1. The number of ketones is 1. The van der Waals surface area contributed by atoms with Crippen molar-refractivity contribution in [1.82, 2.24) is 0 Å². The van der Waals surface area contributed by atoms with Gasteiger partial charge < -0.3 is 4.74 Å². The Kier molecular flexibility index (Phi) is 4.96. The van der Waals surface area contributed by atoms with E-state index in [9.17, 15) is 9.59 Å². The molecule has 0 aromatic rings. The second-order valence-corrected chi connectivity index (χ2v) is 4.05. The Bertz CT molecular complexity index is 304. The van der Waals surface area contributed by atoms with Gasteiger partial charge in [0.05, 0.1) is 7.11 Å². The molecule has 1 saturated carbocycles. The molecule has 1 fully saturated rings. The van der Waals surface area contributed by atoms with Crippen molar-refractivity contribution in [2.75, 3.05) is 7.11 Å². The van der Waals surface area contributed by atoms with E-state index in [4.69, 9.17) is 0 Å². The quantitative estimate of drug-likeness (QED) is 0.529. The molecule has 0 aromatic heterocycles. The molecule has 16 heavy (non-hydrogen) atoms. The minimum atomic E-state index is -0.225. The van der Waals surface area contributed by atoms with Crippen LogP contribution >= 0.6 is 0 Å². The first-order chi connectivity index (χ1) is 7.69. The molecule has 0 saturated heterocycles. The molecule has 0 aromatic carbocycles. The number of allylic oxidation sites excluding steroid dienone is 3. The Hall–Kier alpha value is -1.38. The van der Waals surface area contributed by atoms with Crippen LogP contribution in [0.25, 0.3) is 0 Å². The Morgan fingerprint density at radius 3 is 3.00 bits per heavy atom. The summed E-state index contributed by atoms with van der Waals surface area (Å²) in [5, 5.41) is 0. The molecule has 88 valence electrons. The molecule has 0 bridgehead atoms. The van der Waals surface area contributed by atoms with Crippen LogP contribution in [-0.2, 0) is 14.3 Å². The minimum Gasteiger partial charge on any atom is -0.469 e. The van der Waals surface area contributed by atoms with Crippen molar-refractivity contribution in [3.05, 3.63) is 24.8 Å². The molecule has 0 unspecified atom stereocenters. The summed E-state index contributed by atoms with van der Waals surface area (Å²) in [5.41, 5.74) is 0. The summed E-state index contributed by atoms with van der Waals surface area (Å²) in [4.78, 5) is 22.8. The van der Waals surface area contributed by atoms with Crippen LogP contribution in [0.1, 0.15) is 25.7 Å². The Morgan fingerprint density at radius 2 is 2.38 bits per heavy atom. The van der Waals surface area contributed by atoms with E-state index in [0.717, 1.165) is 6.42 Å². The highest BCUT2D eigenvalue weighted by Gasteiger charge is 2.34. The van der Waals surface area contributed by atoms with Gasteiger partial charge in [0.15, 0.2) is 0 Å². The van der Waals surface area contributed by atoms with Gasteiger partial charge in [0.2, 0.25) is 0 Å². The third-order valence-electron chi connectivity index (χ3n) is 3.06. The van der Waals surface area contributed by atoms with Crippen molar-refractivity contribution in [1.29, 1.82) is 0 Å². The summed E-state index contributed by atoms with van der Waals surface area (Å²) < 4.78 is 4.64. The molecule has 2 atom stereocenters. The van der Waals surface area contributed by atoms with Crippen LogP contribution < -0.4 is 0 Å². The molecule has 1 rings (SSSR count). The largest absolute Gasteiger partial charge is 0.469 e. The zero-order valence-electron chi connectivity index (χ0n) is 9.65. The lowest BCUT2D eigenvalue weighted by Crippen LogP contribution is -2.18. The summed E-state index contributed by atoms with van der Waals surface area (Å²) in [6.45, 7) is 3.58. The lowest BCUT2D eigenvalue weighted by Gasteiger charge is -2.15. The fourth-order valence-corrected chi connectivity index (χ4v) is 2.16. The van der Waals surface area contributed by atoms with Crippen LogP contribution in [0.5, 0.6) is 0 Å². The second kappa shape index (κ2) is 6.26. The molecule has 0 radical (unpaired) electrons. The number of Topliss-reactive ketones (excluding diaryl/α,β-unsaturated/α-hetero) is 1. The summed E-state index contributed by atoms with van der Waals surface area (Å²) in [6, 6.07) is 0. The summed E-state index contributed by atoms with van der Waals surface area (Å²) in [7, 11) is 1.38. The van der Waals surface area contributed by atoms with Crippen LogP contribution in [0.4, 0.5) is 0 Å².